The van der Waals surface area contributed by atoms with Crippen molar-refractivity contribution in [1.82, 2.24) is 9.78 Å². The summed E-state index contributed by atoms with van der Waals surface area (Å²) in [5.74, 6) is 0.0502. The lowest BCUT2D eigenvalue weighted by molar-refractivity contribution is 0.616. The van der Waals surface area contributed by atoms with Crippen molar-refractivity contribution < 1.29 is 4.39 Å². The Morgan fingerprint density at radius 2 is 2.24 bits per heavy atom. The van der Waals surface area contributed by atoms with E-state index in [1.165, 1.54) is 18.2 Å². The average molecular weight is 230 g/mol. The smallest absolute Gasteiger partial charge is 0.145 e. The van der Waals surface area contributed by atoms with Gasteiger partial charge in [-0.05, 0) is 30.7 Å². The van der Waals surface area contributed by atoms with Gasteiger partial charge in [0.1, 0.15) is 11.6 Å². The van der Waals surface area contributed by atoms with Crippen molar-refractivity contribution in [1.29, 1.82) is 5.26 Å². The Bertz CT molecular complexity index is 595. The van der Waals surface area contributed by atoms with E-state index in [9.17, 15) is 4.39 Å². The number of aryl methyl sites for hydroxylation is 1. The number of halogens is 1. The number of nitrogens with two attached hydrogens (primary N) is 1. The molecule has 0 atom stereocenters. The quantitative estimate of drug-likeness (QED) is 0.855. The van der Waals surface area contributed by atoms with E-state index < -0.39 is 0 Å². The lowest BCUT2D eigenvalue weighted by atomic mass is 10.1. The molecule has 0 saturated carbocycles. The van der Waals surface area contributed by atoms with Gasteiger partial charge >= 0.3 is 0 Å². The van der Waals surface area contributed by atoms with Crippen molar-refractivity contribution in [2.45, 2.75) is 13.5 Å². The minimum absolute atomic E-state index is 0.337. The summed E-state index contributed by atoms with van der Waals surface area (Å²) in [7, 11) is 0. The van der Waals surface area contributed by atoms with Gasteiger partial charge in [0.05, 0.1) is 18.2 Å². The van der Waals surface area contributed by atoms with Crippen molar-refractivity contribution in [2.75, 3.05) is 5.73 Å². The number of hydrogen-bond donors (Lipinski definition) is 1. The second-order valence-electron chi connectivity index (χ2n) is 3.78. The van der Waals surface area contributed by atoms with Crippen LogP contribution in [0.2, 0.25) is 0 Å². The summed E-state index contributed by atoms with van der Waals surface area (Å²) in [5, 5.41) is 13.0. The van der Waals surface area contributed by atoms with Gasteiger partial charge < -0.3 is 5.73 Å². The zero-order chi connectivity index (χ0) is 12.4. The Kier molecular flexibility index (Phi) is 2.79. The van der Waals surface area contributed by atoms with E-state index in [1.807, 2.05) is 13.0 Å². The summed E-state index contributed by atoms with van der Waals surface area (Å²) in [6.45, 7) is 2.19. The van der Waals surface area contributed by atoms with E-state index in [-0.39, 0.29) is 5.82 Å². The second kappa shape index (κ2) is 4.26. The van der Waals surface area contributed by atoms with Crippen LogP contribution in [-0.4, -0.2) is 9.78 Å². The monoisotopic (exact) mass is 230 g/mol. The van der Waals surface area contributed by atoms with Crippen LogP contribution in [0.4, 0.5) is 10.2 Å². The van der Waals surface area contributed by atoms with Gasteiger partial charge in [-0.25, -0.2) is 4.39 Å². The molecule has 5 heteroatoms. The third-order valence-electron chi connectivity index (χ3n) is 2.51. The van der Waals surface area contributed by atoms with E-state index in [1.54, 1.807) is 10.7 Å². The molecular weight excluding hydrogens is 219 g/mol. The first-order chi connectivity index (χ1) is 8.10. The molecule has 2 aromatic rings. The topological polar surface area (TPSA) is 67.6 Å². The van der Waals surface area contributed by atoms with Crippen molar-refractivity contribution in [2.24, 2.45) is 0 Å². The Labute approximate surface area is 98.1 Å². The van der Waals surface area contributed by atoms with E-state index in [4.69, 9.17) is 11.0 Å². The van der Waals surface area contributed by atoms with Gasteiger partial charge in [0.15, 0.2) is 0 Å². The summed E-state index contributed by atoms with van der Waals surface area (Å²) < 4.78 is 14.8. The lowest BCUT2D eigenvalue weighted by Crippen LogP contribution is -2.06. The van der Waals surface area contributed by atoms with Crippen molar-refractivity contribution in [3.63, 3.8) is 0 Å². The first-order valence-electron chi connectivity index (χ1n) is 5.08. The molecule has 0 fully saturated rings. The third kappa shape index (κ3) is 2.26. The van der Waals surface area contributed by atoms with Crippen LogP contribution >= 0.6 is 0 Å². The molecule has 2 rings (SSSR count). The van der Waals surface area contributed by atoms with Crippen molar-refractivity contribution in [3.8, 4) is 6.07 Å². The number of aromatic nitrogens is 2. The molecule has 0 aliphatic carbocycles. The Balaban J connectivity index is 2.39. The molecule has 17 heavy (non-hydrogen) atoms. The maximum Gasteiger partial charge on any atom is 0.145 e. The van der Waals surface area contributed by atoms with Crippen LogP contribution in [0, 0.1) is 24.1 Å². The van der Waals surface area contributed by atoms with Gasteiger partial charge in [-0.3, -0.25) is 4.68 Å². The fourth-order valence-electron chi connectivity index (χ4n) is 1.66. The molecule has 1 aromatic carbocycles. The predicted molar refractivity (Wildman–Crippen MR) is 61.6 cm³/mol. The summed E-state index contributed by atoms with van der Waals surface area (Å²) in [6.07, 6.45) is 0. The van der Waals surface area contributed by atoms with Crippen LogP contribution in [-0.2, 0) is 6.54 Å². The minimum atomic E-state index is -0.364. The number of anilines is 1. The van der Waals surface area contributed by atoms with Gasteiger partial charge in [-0.15, -0.1) is 0 Å². The Morgan fingerprint density at radius 1 is 1.47 bits per heavy atom. The highest BCUT2D eigenvalue weighted by atomic mass is 19.1. The fraction of sp³-hybridized carbons (Fsp3) is 0.167. The number of nitrogens with zero attached hydrogens (tertiary/aromatic N) is 3. The van der Waals surface area contributed by atoms with Gasteiger partial charge in [-0.1, -0.05) is 0 Å². The van der Waals surface area contributed by atoms with Crippen LogP contribution < -0.4 is 5.73 Å². The number of benzene rings is 1. The number of rotatable bonds is 2. The van der Waals surface area contributed by atoms with Crippen LogP contribution in [0.3, 0.4) is 0 Å². The molecular formula is C12H11FN4. The average Bonchev–Trinajstić information content (AvgIpc) is 2.58. The van der Waals surface area contributed by atoms with Gasteiger partial charge in [0, 0.05) is 11.8 Å². The SMILES string of the molecule is Cc1cc(N)nn1Cc1cc(F)ccc1C#N. The Hall–Kier alpha value is -2.35. The van der Waals surface area contributed by atoms with Gasteiger partial charge in [-0.2, -0.15) is 10.4 Å². The first-order valence-corrected chi connectivity index (χ1v) is 5.08. The molecule has 86 valence electrons. The summed E-state index contributed by atoms with van der Waals surface area (Å²) in [6, 6.07) is 7.84. The zero-order valence-corrected chi connectivity index (χ0v) is 9.31. The number of hydrogen-bond acceptors (Lipinski definition) is 3. The van der Waals surface area contributed by atoms with Crippen LogP contribution in [0.5, 0.6) is 0 Å². The summed E-state index contributed by atoms with van der Waals surface area (Å²) in [4.78, 5) is 0. The number of nitriles is 1. The molecule has 0 radical (unpaired) electrons. The molecule has 0 bridgehead atoms. The standard InChI is InChI=1S/C12H11FN4/c1-8-4-12(15)16-17(8)7-10-5-11(13)3-2-9(10)6-14/h2-5H,7H2,1H3,(H2,15,16). The van der Waals surface area contributed by atoms with Crippen LogP contribution in [0.25, 0.3) is 0 Å². The second-order valence-corrected chi connectivity index (χ2v) is 3.78. The molecule has 2 N–H and O–H groups in total. The van der Waals surface area contributed by atoms with E-state index in [2.05, 4.69) is 5.10 Å². The van der Waals surface area contributed by atoms with E-state index >= 15 is 0 Å². The van der Waals surface area contributed by atoms with E-state index in [0.29, 0.717) is 23.5 Å². The fourth-order valence-corrected chi connectivity index (χ4v) is 1.66. The highest BCUT2D eigenvalue weighted by molar-refractivity contribution is 5.38. The predicted octanol–water partition coefficient (Wildman–Crippen LogP) is 1.83. The van der Waals surface area contributed by atoms with Crippen LogP contribution in [0.1, 0.15) is 16.8 Å². The maximum absolute atomic E-state index is 13.1. The molecule has 0 amide bonds. The molecule has 1 aromatic heterocycles. The lowest BCUT2D eigenvalue weighted by Gasteiger charge is -2.06. The molecule has 1 heterocycles. The summed E-state index contributed by atoms with van der Waals surface area (Å²) in [5.41, 5.74) is 7.47. The maximum atomic E-state index is 13.1. The van der Waals surface area contributed by atoms with Crippen molar-refractivity contribution >= 4 is 5.82 Å². The molecule has 0 aliphatic heterocycles. The summed E-state index contributed by atoms with van der Waals surface area (Å²) >= 11 is 0. The highest BCUT2D eigenvalue weighted by Crippen LogP contribution is 2.14. The van der Waals surface area contributed by atoms with Gasteiger partial charge in [0.2, 0.25) is 0 Å². The molecule has 0 saturated heterocycles. The molecule has 0 aliphatic rings. The molecule has 0 unspecified atom stereocenters. The third-order valence-corrected chi connectivity index (χ3v) is 2.51. The normalized spacial score (nSPS) is 10.2. The zero-order valence-electron chi connectivity index (χ0n) is 9.31. The molecule has 4 nitrogen and oxygen atoms in total. The van der Waals surface area contributed by atoms with Gasteiger partial charge in [0.25, 0.3) is 0 Å². The highest BCUT2D eigenvalue weighted by Gasteiger charge is 2.07. The minimum Gasteiger partial charge on any atom is -0.382 e. The number of nitrogen functional groups attached to an aromatic ring is 1. The molecule has 0 spiro atoms. The van der Waals surface area contributed by atoms with E-state index in [0.717, 1.165) is 5.69 Å². The van der Waals surface area contributed by atoms with Crippen molar-refractivity contribution in [3.05, 3.63) is 46.9 Å². The largest absolute Gasteiger partial charge is 0.382 e. The van der Waals surface area contributed by atoms with Crippen LogP contribution in [0.15, 0.2) is 24.3 Å². The Morgan fingerprint density at radius 3 is 2.82 bits per heavy atom. The first kappa shape index (κ1) is 11.1.